The van der Waals surface area contributed by atoms with Gasteiger partial charge in [0.2, 0.25) is 0 Å². The lowest BCUT2D eigenvalue weighted by Gasteiger charge is -2.44. The summed E-state index contributed by atoms with van der Waals surface area (Å²) in [5.41, 5.74) is 2.10. The number of aromatic amines is 1. The van der Waals surface area contributed by atoms with Gasteiger partial charge in [-0.25, -0.2) is 9.50 Å². The lowest BCUT2D eigenvalue weighted by atomic mass is 9.82. The van der Waals surface area contributed by atoms with Gasteiger partial charge in [0.1, 0.15) is 5.56 Å². The van der Waals surface area contributed by atoms with Crippen LogP contribution in [0.1, 0.15) is 39.3 Å². The first-order valence-corrected chi connectivity index (χ1v) is 10.0. The second-order valence-electron chi connectivity index (χ2n) is 7.25. The summed E-state index contributed by atoms with van der Waals surface area (Å²) in [5, 5.41) is 5.06. The van der Waals surface area contributed by atoms with Crippen LogP contribution in [0.25, 0.3) is 5.65 Å². The van der Waals surface area contributed by atoms with Crippen LogP contribution in [0.5, 0.6) is 0 Å². The Morgan fingerprint density at radius 3 is 3.00 bits per heavy atom. The van der Waals surface area contributed by atoms with Crippen molar-refractivity contribution < 1.29 is 9.53 Å². The maximum absolute atomic E-state index is 13.0. The van der Waals surface area contributed by atoms with Crippen molar-refractivity contribution in [2.24, 2.45) is 0 Å². The molecular weight excluding hydrogens is 364 g/mol. The van der Waals surface area contributed by atoms with Gasteiger partial charge in [-0.2, -0.15) is 0 Å². The predicted octanol–water partition coefficient (Wildman–Crippen LogP) is 2.10. The van der Waals surface area contributed by atoms with Gasteiger partial charge in [0.25, 0.3) is 11.5 Å². The largest absolute Gasteiger partial charge is 0.370 e. The number of likely N-dealkylation sites (tertiary alicyclic amines) is 1. The van der Waals surface area contributed by atoms with Crippen molar-refractivity contribution in [2.75, 3.05) is 19.7 Å². The van der Waals surface area contributed by atoms with Crippen molar-refractivity contribution in [2.45, 2.75) is 31.8 Å². The van der Waals surface area contributed by atoms with Gasteiger partial charge in [0, 0.05) is 42.3 Å². The molecule has 0 unspecified atom stereocenters. The SMILES string of the molecule is Cc1cc2ncc(C(=O)N3CCC4(CC3)OCCc3sccc34)c(=O)n2[nH]1. The molecule has 1 amide bonds. The highest BCUT2D eigenvalue weighted by atomic mass is 32.1. The Balaban J connectivity index is 1.40. The number of nitrogens with one attached hydrogen (secondary N) is 1. The van der Waals surface area contributed by atoms with E-state index < -0.39 is 0 Å². The monoisotopic (exact) mass is 384 g/mol. The summed E-state index contributed by atoms with van der Waals surface area (Å²) in [5.74, 6) is -0.259. The quantitative estimate of drug-likeness (QED) is 0.697. The maximum Gasteiger partial charge on any atom is 0.285 e. The van der Waals surface area contributed by atoms with Crippen LogP contribution < -0.4 is 5.56 Å². The van der Waals surface area contributed by atoms with E-state index in [0.29, 0.717) is 18.7 Å². The summed E-state index contributed by atoms with van der Waals surface area (Å²) in [4.78, 5) is 33.0. The van der Waals surface area contributed by atoms with Gasteiger partial charge in [-0.05, 0) is 36.8 Å². The number of carbonyl (C=O) groups excluding carboxylic acids is 1. The predicted molar refractivity (Wildman–Crippen MR) is 101 cm³/mol. The van der Waals surface area contributed by atoms with Crippen LogP contribution in [0.3, 0.4) is 0 Å². The minimum Gasteiger partial charge on any atom is -0.370 e. The van der Waals surface area contributed by atoms with E-state index in [1.807, 2.05) is 6.92 Å². The zero-order valence-corrected chi connectivity index (χ0v) is 15.8. The van der Waals surface area contributed by atoms with Gasteiger partial charge >= 0.3 is 0 Å². The van der Waals surface area contributed by atoms with Crippen LogP contribution in [-0.2, 0) is 16.8 Å². The van der Waals surface area contributed by atoms with E-state index in [1.54, 1.807) is 22.3 Å². The van der Waals surface area contributed by atoms with Gasteiger partial charge in [0.15, 0.2) is 5.65 Å². The number of nitrogens with zero attached hydrogens (tertiary/aromatic N) is 3. The van der Waals surface area contributed by atoms with E-state index >= 15 is 0 Å². The third-order valence-corrected chi connectivity index (χ3v) is 6.64. The summed E-state index contributed by atoms with van der Waals surface area (Å²) >= 11 is 1.79. The molecule has 3 aromatic rings. The molecule has 7 nitrogen and oxygen atoms in total. The molecule has 1 N–H and O–H groups in total. The van der Waals surface area contributed by atoms with Gasteiger partial charge in [-0.3, -0.25) is 14.7 Å². The number of H-pyrrole nitrogens is 1. The zero-order chi connectivity index (χ0) is 18.6. The topological polar surface area (TPSA) is 79.7 Å². The highest BCUT2D eigenvalue weighted by Gasteiger charge is 2.42. The number of aryl methyl sites for hydroxylation is 1. The lowest BCUT2D eigenvalue weighted by Crippen LogP contribution is -2.49. The average Bonchev–Trinajstić information content (AvgIpc) is 3.30. The highest BCUT2D eigenvalue weighted by Crippen LogP contribution is 2.43. The molecule has 1 saturated heterocycles. The molecule has 0 aromatic carbocycles. The molecule has 0 atom stereocenters. The first kappa shape index (κ1) is 16.7. The fourth-order valence-corrected chi connectivity index (χ4v) is 5.19. The van der Waals surface area contributed by atoms with Gasteiger partial charge in [-0.1, -0.05) is 0 Å². The maximum atomic E-state index is 13.0. The second kappa shape index (κ2) is 6.03. The molecule has 0 bridgehead atoms. The first-order chi connectivity index (χ1) is 13.1. The number of hydrogen-bond donors (Lipinski definition) is 1. The molecule has 1 fully saturated rings. The number of hydrogen-bond acceptors (Lipinski definition) is 5. The average molecular weight is 384 g/mol. The van der Waals surface area contributed by atoms with Crippen LogP contribution in [0.2, 0.25) is 0 Å². The molecule has 0 aliphatic carbocycles. The summed E-state index contributed by atoms with van der Waals surface area (Å²) in [6, 6.07) is 3.94. The number of ether oxygens (including phenoxy) is 1. The fourth-order valence-electron chi connectivity index (χ4n) is 4.24. The van der Waals surface area contributed by atoms with Gasteiger partial charge < -0.3 is 9.64 Å². The number of rotatable bonds is 1. The van der Waals surface area contributed by atoms with Crippen molar-refractivity contribution in [3.63, 3.8) is 0 Å². The fraction of sp³-hybridized carbons (Fsp3) is 0.421. The van der Waals surface area contributed by atoms with Gasteiger partial charge in [0.05, 0.1) is 12.2 Å². The third-order valence-electron chi connectivity index (χ3n) is 5.65. The number of thiophene rings is 1. The smallest absolute Gasteiger partial charge is 0.285 e. The molecule has 5 heterocycles. The summed E-state index contributed by atoms with van der Waals surface area (Å²) in [6.45, 7) is 3.72. The molecule has 2 aliphatic heterocycles. The molecule has 0 radical (unpaired) electrons. The Labute approximate surface area is 159 Å². The third kappa shape index (κ3) is 2.55. The number of amides is 1. The van der Waals surface area contributed by atoms with Crippen LogP contribution in [0.4, 0.5) is 0 Å². The molecule has 8 heteroatoms. The second-order valence-corrected chi connectivity index (χ2v) is 8.25. The van der Waals surface area contributed by atoms with E-state index in [0.717, 1.165) is 31.6 Å². The molecule has 3 aromatic heterocycles. The highest BCUT2D eigenvalue weighted by molar-refractivity contribution is 7.10. The number of fused-ring (bicyclic) bond motifs is 3. The van der Waals surface area contributed by atoms with Crippen LogP contribution in [-0.4, -0.2) is 45.1 Å². The van der Waals surface area contributed by atoms with Crippen molar-refractivity contribution >= 4 is 22.9 Å². The van der Waals surface area contributed by atoms with E-state index in [9.17, 15) is 9.59 Å². The van der Waals surface area contributed by atoms with Crippen LogP contribution >= 0.6 is 11.3 Å². The number of carbonyl (C=O) groups is 1. The Morgan fingerprint density at radius 2 is 2.19 bits per heavy atom. The molecular formula is C19H20N4O3S. The van der Waals surface area contributed by atoms with Crippen molar-refractivity contribution in [1.29, 1.82) is 0 Å². The molecule has 5 rings (SSSR count). The molecule has 2 aliphatic rings. The molecule has 27 heavy (non-hydrogen) atoms. The number of piperidine rings is 1. The first-order valence-electron chi connectivity index (χ1n) is 9.15. The van der Waals surface area contributed by atoms with E-state index in [2.05, 4.69) is 21.5 Å². The molecule has 1 spiro atoms. The van der Waals surface area contributed by atoms with Crippen LogP contribution in [0.15, 0.2) is 28.5 Å². The Morgan fingerprint density at radius 1 is 1.37 bits per heavy atom. The van der Waals surface area contributed by atoms with E-state index in [4.69, 9.17) is 4.74 Å². The van der Waals surface area contributed by atoms with Crippen molar-refractivity contribution in [1.82, 2.24) is 19.5 Å². The lowest BCUT2D eigenvalue weighted by molar-refractivity contribution is -0.0926. The molecule has 140 valence electrons. The van der Waals surface area contributed by atoms with Crippen molar-refractivity contribution in [3.05, 3.63) is 55.8 Å². The van der Waals surface area contributed by atoms with Crippen molar-refractivity contribution in [3.8, 4) is 0 Å². The summed E-state index contributed by atoms with van der Waals surface area (Å²) in [6.07, 6.45) is 3.86. The zero-order valence-electron chi connectivity index (χ0n) is 15.0. The van der Waals surface area contributed by atoms with E-state index in [-0.39, 0.29) is 22.6 Å². The van der Waals surface area contributed by atoms with Gasteiger partial charge in [-0.15, -0.1) is 11.3 Å². The molecule has 0 saturated carbocycles. The van der Waals surface area contributed by atoms with Crippen LogP contribution in [0, 0.1) is 6.92 Å². The Bertz CT molecular complexity index is 1090. The standard InChI is InChI=1S/C19H20N4O3S/c1-12-10-16-20-11-13(18(25)23(16)21-12)17(24)22-6-4-19(5-7-22)14-3-9-27-15(14)2-8-26-19/h3,9-11,21H,2,4-8H2,1H3. The normalized spacial score (nSPS) is 18.8. The summed E-state index contributed by atoms with van der Waals surface area (Å²) in [7, 11) is 0. The minimum atomic E-state index is -0.354. The number of aromatic nitrogens is 3. The Kier molecular flexibility index (Phi) is 3.73. The van der Waals surface area contributed by atoms with E-state index in [1.165, 1.54) is 21.2 Å². The minimum absolute atomic E-state index is 0.103. The Hall–Kier alpha value is -2.45. The summed E-state index contributed by atoms with van der Waals surface area (Å²) < 4.78 is 7.52.